The van der Waals surface area contributed by atoms with E-state index in [4.69, 9.17) is 0 Å². The lowest BCUT2D eigenvalue weighted by molar-refractivity contribution is -0.153. The first-order valence-corrected chi connectivity index (χ1v) is 6.54. The Labute approximate surface area is 101 Å². The van der Waals surface area contributed by atoms with E-state index in [1.165, 1.54) is 0 Å². The summed E-state index contributed by atoms with van der Waals surface area (Å²) in [7, 11) is -4.79. The second-order valence-electron chi connectivity index (χ2n) is 3.26. The molecule has 0 saturated heterocycles. The Morgan fingerprint density at radius 3 is 1.33 bits per heavy atom. The van der Waals surface area contributed by atoms with Crippen molar-refractivity contribution in [2.45, 2.75) is 33.0 Å². The van der Waals surface area contributed by atoms with Gasteiger partial charge in [-0.1, -0.05) is 0 Å². The molecule has 0 atom stereocenters. The second-order valence-corrected chi connectivity index (χ2v) is 5.59. The highest BCUT2D eigenvalue weighted by Gasteiger charge is 2.59. The zero-order valence-electron chi connectivity index (χ0n) is 9.79. The third-order valence-electron chi connectivity index (χ3n) is 1.31. The van der Waals surface area contributed by atoms with Crippen molar-refractivity contribution in [2.75, 3.05) is 0 Å². The zero-order valence-corrected chi connectivity index (χ0v) is 10.8. The van der Waals surface area contributed by atoms with Crippen LogP contribution >= 0.6 is 0 Å². The molecular formula is C8H11F3O6Si. The molecule has 0 fully saturated rings. The highest BCUT2D eigenvalue weighted by molar-refractivity contribution is 6.65. The van der Waals surface area contributed by atoms with Crippen molar-refractivity contribution in [1.29, 1.82) is 0 Å². The van der Waals surface area contributed by atoms with E-state index in [0.717, 1.165) is 20.8 Å². The lowest BCUT2D eigenvalue weighted by Crippen LogP contribution is -2.52. The van der Waals surface area contributed by atoms with Gasteiger partial charge in [0.1, 0.15) is 6.04 Å². The van der Waals surface area contributed by atoms with Crippen molar-refractivity contribution >= 4 is 26.7 Å². The summed E-state index contributed by atoms with van der Waals surface area (Å²) in [5.41, 5.74) is 0. The fraction of sp³-hybridized carbons (Fsp3) is 0.625. The summed E-state index contributed by atoms with van der Waals surface area (Å²) >= 11 is 0. The fourth-order valence-electron chi connectivity index (χ4n) is 1.07. The number of halogens is 3. The molecule has 0 spiro atoms. The van der Waals surface area contributed by atoms with Crippen LogP contribution in [-0.2, 0) is 27.7 Å². The molecule has 0 aliphatic heterocycles. The smallest absolute Gasteiger partial charge is 0.455 e. The van der Waals surface area contributed by atoms with Crippen LogP contribution in [0.3, 0.4) is 0 Å². The Balaban J connectivity index is 5.29. The molecular weight excluding hydrogens is 277 g/mol. The summed E-state index contributed by atoms with van der Waals surface area (Å²) in [6.07, 6.45) is -4.83. The summed E-state index contributed by atoms with van der Waals surface area (Å²) in [6, 6.07) is -1.82. The predicted molar refractivity (Wildman–Crippen MR) is 51.9 cm³/mol. The molecule has 0 aliphatic carbocycles. The number of carbonyl (C=O) groups excluding carboxylic acids is 3. The quantitative estimate of drug-likeness (QED) is 0.723. The van der Waals surface area contributed by atoms with Gasteiger partial charge in [0.05, 0.1) is 0 Å². The normalized spacial score (nSPS) is 11.7. The number of alkyl halides is 3. The van der Waals surface area contributed by atoms with Crippen molar-refractivity contribution in [3.63, 3.8) is 0 Å². The minimum absolute atomic E-state index is 0.811. The monoisotopic (exact) mass is 288 g/mol. The van der Waals surface area contributed by atoms with Crippen molar-refractivity contribution in [1.82, 2.24) is 0 Å². The lowest BCUT2D eigenvalue weighted by atomic mass is 10.8. The average Bonchev–Trinajstić information content (AvgIpc) is 1.92. The molecule has 0 aromatic rings. The van der Waals surface area contributed by atoms with Gasteiger partial charge >= 0.3 is 15.0 Å². The molecule has 104 valence electrons. The summed E-state index contributed by atoms with van der Waals surface area (Å²) in [4.78, 5) is 32.3. The first-order chi connectivity index (χ1) is 7.96. The second kappa shape index (κ2) is 5.84. The molecule has 0 aliphatic rings. The van der Waals surface area contributed by atoms with Crippen LogP contribution in [0.2, 0.25) is 6.04 Å². The molecule has 0 aromatic heterocycles. The summed E-state index contributed by atoms with van der Waals surface area (Å²) in [6.45, 7) is 2.43. The van der Waals surface area contributed by atoms with Crippen LogP contribution in [0.1, 0.15) is 20.8 Å². The van der Waals surface area contributed by atoms with Gasteiger partial charge in [-0.3, -0.25) is 14.4 Å². The Bertz CT molecular complexity index is 312. The van der Waals surface area contributed by atoms with E-state index in [0.29, 0.717) is 0 Å². The van der Waals surface area contributed by atoms with Crippen molar-refractivity contribution in [3.8, 4) is 0 Å². The first kappa shape index (κ1) is 16.4. The standard InChI is InChI=1S/C8H11F3O6Si/c1-5(12)15-18(16-6(2)13,17-7(3)14)4-8(9,10)11/h4H2,1-3H3. The van der Waals surface area contributed by atoms with E-state index >= 15 is 0 Å². The van der Waals surface area contributed by atoms with Gasteiger partial charge < -0.3 is 13.3 Å². The topological polar surface area (TPSA) is 78.9 Å². The average molecular weight is 288 g/mol. The highest BCUT2D eigenvalue weighted by Crippen LogP contribution is 2.30. The van der Waals surface area contributed by atoms with E-state index in [1.807, 2.05) is 0 Å². The molecule has 0 N–H and O–H groups in total. The van der Waals surface area contributed by atoms with Gasteiger partial charge in [0.2, 0.25) is 0 Å². The van der Waals surface area contributed by atoms with Crippen LogP contribution in [-0.4, -0.2) is 32.9 Å². The van der Waals surface area contributed by atoms with Crippen LogP contribution in [0.4, 0.5) is 13.2 Å². The highest BCUT2D eigenvalue weighted by atomic mass is 28.4. The molecule has 0 saturated carbocycles. The van der Waals surface area contributed by atoms with E-state index < -0.39 is 38.9 Å². The minimum atomic E-state index is -4.83. The summed E-state index contributed by atoms with van der Waals surface area (Å²) in [5.74, 6) is -3.43. The van der Waals surface area contributed by atoms with E-state index in [-0.39, 0.29) is 0 Å². The van der Waals surface area contributed by atoms with Crippen LogP contribution < -0.4 is 0 Å². The van der Waals surface area contributed by atoms with Gasteiger partial charge in [-0.25, -0.2) is 0 Å². The van der Waals surface area contributed by atoms with E-state index in [1.54, 1.807) is 0 Å². The molecule has 0 rings (SSSR count). The molecule has 0 heterocycles. The molecule has 0 bridgehead atoms. The summed E-state index contributed by atoms with van der Waals surface area (Å²) in [5, 5.41) is 0. The maximum atomic E-state index is 12.4. The molecule has 0 radical (unpaired) electrons. The Kier molecular flexibility index (Phi) is 5.33. The largest absolute Gasteiger partial charge is 0.714 e. The molecule has 6 nitrogen and oxygen atoms in total. The van der Waals surface area contributed by atoms with Crippen molar-refractivity contribution < 1.29 is 40.8 Å². The van der Waals surface area contributed by atoms with Crippen LogP contribution in [0.15, 0.2) is 0 Å². The van der Waals surface area contributed by atoms with Gasteiger partial charge in [0.25, 0.3) is 17.9 Å². The van der Waals surface area contributed by atoms with Gasteiger partial charge in [-0.2, -0.15) is 13.2 Å². The fourth-order valence-corrected chi connectivity index (χ4v) is 3.22. The van der Waals surface area contributed by atoms with Crippen LogP contribution in [0.25, 0.3) is 0 Å². The van der Waals surface area contributed by atoms with E-state index in [9.17, 15) is 27.6 Å². The molecule has 0 aromatic carbocycles. The number of hydrogen-bond donors (Lipinski definition) is 0. The van der Waals surface area contributed by atoms with Gasteiger partial charge in [0, 0.05) is 20.8 Å². The van der Waals surface area contributed by atoms with Crippen molar-refractivity contribution in [2.24, 2.45) is 0 Å². The zero-order chi connectivity index (χ0) is 14.6. The third kappa shape index (κ3) is 6.88. The van der Waals surface area contributed by atoms with E-state index in [2.05, 4.69) is 13.3 Å². The predicted octanol–water partition coefficient (Wildman–Crippen LogP) is 1.18. The molecule has 0 unspecified atom stereocenters. The Hall–Kier alpha value is -1.58. The maximum Gasteiger partial charge on any atom is 0.714 e. The molecule has 10 heteroatoms. The number of rotatable bonds is 4. The van der Waals surface area contributed by atoms with Crippen molar-refractivity contribution in [3.05, 3.63) is 0 Å². The van der Waals surface area contributed by atoms with Gasteiger partial charge in [0.15, 0.2) is 0 Å². The van der Waals surface area contributed by atoms with Crippen LogP contribution in [0, 0.1) is 0 Å². The Morgan fingerprint density at radius 2 is 1.17 bits per heavy atom. The Morgan fingerprint density at radius 1 is 0.889 bits per heavy atom. The summed E-state index contributed by atoms with van der Waals surface area (Å²) < 4.78 is 50.1. The molecule has 0 amide bonds. The number of hydrogen-bond acceptors (Lipinski definition) is 6. The minimum Gasteiger partial charge on any atom is -0.455 e. The third-order valence-corrected chi connectivity index (χ3v) is 3.94. The van der Waals surface area contributed by atoms with Crippen LogP contribution in [0.5, 0.6) is 0 Å². The van der Waals surface area contributed by atoms with Gasteiger partial charge in [-0.15, -0.1) is 0 Å². The number of carbonyl (C=O) groups is 3. The molecule has 18 heavy (non-hydrogen) atoms. The first-order valence-electron chi connectivity index (χ1n) is 4.61. The SMILES string of the molecule is CC(=O)O[Si](CC(F)(F)F)(OC(C)=O)OC(C)=O. The maximum absolute atomic E-state index is 12.4. The van der Waals surface area contributed by atoms with Gasteiger partial charge in [-0.05, 0) is 0 Å². The lowest BCUT2D eigenvalue weighted by Gasteiger charge is -2.26.